The Bertz CT molecular complexity index is 1360. The highest BCUT2D eigenvalue weighted by atomic mass is 15.2. The summed E-state index contributed by atoms with van der Waals surface area (Å²) in [4.78, 5) is 19.8. The Morgan fingerprint density at radius 2 is 1.94 bits per heavy atom. The largest absolute Gasteiger partial charge is 0.400 e. The molecule has 0 spiro atoms. The predicted octanol–water partition coefficient (Wildman–Crippen LogP) is 4.82. The molecule has 4 rings (SSSR count). The Hall–Kier alpha value is -4.40. The molecule has 0 bridgehead atoms. The third kappa shape index (κ3) is 6.18. The number of fused-ring (bicyclic) bond motifs is 1. The van der Waals surface area contributed by atoms with Gasteiger partial charge in [0.25, 0.3) is 0 Å². The highest BCUT2D eigenvalue weighted by Crippen LogP contribution is 2.23. The first-order valence-electron chi connectivity index (χ1n) is 11.3. The molecule has 9 nitrogen and oxygen atoms in total. The van der Waals surface area contributed by atoms with Gasteiger partial charge in [0.15, 0.2) is 5.82 Å². The van der Waals surface area contributed by atoms with E-state index in [4.69, 9.17) is 10.7 Å². The van der Waals surface area contributed by atoms with E-state index in [2.05, 4.69) is 44.3 Å². The zero-order chi connectivity index (χ0) is 24.8. The minimum Gasteiger partial charge on any atom is -0.400 e. The Balaban J connectivity index is 0.00000361. The highest BCUT2D eigenvalue weighted by Gasteiger charge is 2.11. The van der Waals surface area contributed by atoms with Crippen LogP contribution in [0.3, 0.4) is 0 Å². The van der Waals surface area contributed by atoms with Gasteiger partial charge in [0.05, 0.1) is 35.7 Å². The fourth-order valence-corrected chi connectivity index (χ4v) is 3.60. The topological polar surface area (TPSA) is 118 Å². The number of likely N-dealkylation sites (N-methyl/N-ethyl adjacent to an activating group) is 1. The van der Waals surface area contributed by atoms with E-state index in [-0.39, 0.29) is 7.43 Å². The maximum atomic E-state index is 6.54. The van der Waals surface area contributed by atoms with Crippen LogP contribution in [0.1, 0.15) is 38.3 Å². The van der Waals surface area contributed by atoms with Crippen LogP contribution in [0.4, 0.5) is 17.3 Å². The molecule has 4 aromatic heterocycles. The summed E-state index contributed by atoms with van der Waals surface area (Å²) in [6.45, 7) is 4.74. The summed E-state index contributed by atoms with van der Waals surface area (Å²) in [7, 11) is 3.69. The van der Waals surface area contributed by atoms with Crippen LogP contribution in [0.15, 0.2) is 71.9 Å². The maximum Gasteiger partial charge on any atom is 0.154 e. The molecule has 36 heavy (non-hydrogen) atoms. The zero-order valence-electron chi connectivity index (χ0n) is 20.3. The predicted molar refractivity (Wildman–Crippen MR) is 149 cm³/mol. The van der Waals surface area contributed by atoms with E-state index < -0.39 is 0 Å². The van der Waals surface area contributed by atoms with Crippen molar-refractivity contribution in [1.82, 2.24) is 25.1 Å². The summed E-state index contributed by atoms with van der Waals surface area (Å²) in [5, 5.41) is 11.5. The number of pyridine rings is 3. The van der Waals surface area contributed by atoms with Gasteiger partial charge in [-0.3, -0.25) is 15.0 Å². The van der Waals surface area contributed by atoms with E-state index in [9.17, 15) is 0 Å². The van der Waals surface area contributed by atoms with E-state index in [0.29, 0.717) is 29.8 Å². The lowest BCUT2D eigenvalue weighted by Crippen LogP contribution is -2.25. The second-order valence-electron chi connectivity index (χ2n) is 8.51. The molecule has 0 amide bonds. The van der Waals surface area contributed by atoms with Crippen LogP contribution in [0, 0.1) is 0 Å². The number of aliphatic imine (C=N–C) groups is 1. The first-order chi connectivity index (χ1) is 16.9. The number of rotatable bonds is 8. The van der Waals surface area contributed by atoms with Gasteiger partial charge in [0.2, 0.25) is 0 Å². The lowest BCUT2D eigenvalue weighted by atomic mass is 10.1. The molecule has 0 saturated carbocycles. The molecule has 0 aliphatic heterocycles. The molecule has 186 valence electrons. The van der Waals surface area contributed by atoms with Gasteiger partial charge in [-0.2, -0.15) is 5.10 Å². The van der Waals surface area contributed by atoms with Crippen LogP contribution in [-0.2, 0) is 0 Å². The smallest absolute Gasteiger partial charge is 0.154 e. The van der Waals surface area contributed by atoms with Gasteiger partial charge >= 0.3 is 0 Å². The number of nitrogens with one attached hydrogen (secondary N) is 1. The molecule has 0 aliphatic carbocycles. The number of nitrogens with two attached hydrogens (primary N) is 1. The zero-order valence-corrected chi connectivity index (χ0v) is 20.3. The molecule has 0 aliphatic rings. The van der Waals surface area contributed by atoms with E-state index in [1.165, 1.54) is 0 Å². The van der Waals surface area contributed by atoms with E-state index in [0.717, 1.165) is 33.4 Å². The van der Waals surface area contributed by atoms with Crippen molar-refractivity contribution >= 4 is 40.1 Å². The van der Waals surface area contributed by atoms with Crippen molar-refractivity contribution in [2.75, 3.05) is 30.9 Å². The number of allylic oxidation sites excluding steroid dienone is 1. The number of anilines is 3. The monoisotopic (exact) mass is 483 g/mol. The molecule has 0 unspecified atom stereocenters. The van der Waals surface area contributed by atoms with Gasteiger partial charge in [-0.1, -0.05) is 21.3 Å². The quantitative estimate of drug-likeness (QED) is 0.342. The first-order valence-corrected chi connectivity index (χ1v) is 11.3. The lowest BCUT2D eigenvalue weighted by molar-refractivity contribution is 0.843. The normalized spacial score (nSPS) is 11.9. The van der Waals surface area contributed by atoms with E-state index >= 15 is 0 Å². The van der Waals surface area contributed by atoms with Crippen molar-refractivity contribution in [2.24, 2.45) is 10.7 Å². The molecule has 0 aromatic carbocycles. The Morgan fingerprint density at radius 3 is 2.67 bits per heavy atom. The maximum absolute atomic E-state index is 6.54. The molecule has 0 atom stereocenters. The van der Waals surface area contributed by atoms with Crippen LogP contribution in [0.2, 0.25) is 0 Å². The molecule has 3 N–H and O–H groups in total. The fourth-order valence-electron chi connectivity index (χ4n) is 3.60. The van der Waals surface area contributed by atoms with Crippen LogP contribution in [0.5, 0.6) is 0 Å². The summed E-state index contributed by atoms with van der Waals surface area (Å²) in [6.07, 6.45) is 8.88. The molecule has 4 heterocycles. The van der Waals surface area contributed by atoms with E-state index in [1.807, 2.05) is 48.3 Å². The van der Waals surface area contributed by atoms with Crippen molar-refractivity contribution in [3.05, 3.63) is 78.0 Å². The average Bonchev–Trinajstić information content (AvgIpc) is 2.87. The van der Waals surface area contributed by atoms with E-state index in [1.54, 1.807) is 38.0 Å². The summed E-state index contributed by atoms with van der Waals surface area (Å²) >= 11 is 0. The lowest BCUT2D eigenvalue weighted by Gasteiger charge is -2.20. The van der Waals surface area contributed by atoms with Crippen molar-refractivity contribution in [3.63, 3.8) is 0 Å². The minimum absolute atomic E-state index is 0. The van der Waals surface area contributed by atoms with Gasteiger partial charge in [-0.25, -0.2) is 4.98 Å². The molecule has 0 fully saturated rings. The first kappa shape index (κ1) is 26.2. The Kier molecular flexibility index (Phi) is 8.61. The molecular formula is C27H33N9. The summed E-state index contributed by atoms with van der Waals surface area (Å²) in [5.74, 6) is 1.66. The Labute approximate surface area is 212 Å². The SMILES string of the molecule is C.CN=CC(=C(N)CN(C)c1cccnc1)c1cnc2ccc(Nc3cc(C(C)C)cnn3)nc2c1. The minimum atomic E-state index is 0. The van der Waals surface area contributed by atoms with Crippen LogP contribution < -0.4 is 16.0 Å². The third-order valence-corrected chi connectivity index (χ3v) is 5.55. The molecule has 4 aromatic rings. The van der Waals surface area contributed by atoms with Gasteiger partial charge in [-0.15, -0.1) is 5.10 Å². The summed E-state index contributed by atoms with van der Waals surface area (Å²) in [5.41, 5.74) is 12.4. The highest BCUT2D eigenvalue weighted by molar-refractivity contribution is 6.11. The van der Waals surface area contributed by atoms with Gasteiger partial charge in [0.1, 0.15) is 5.82 Å². The van der Waals surface area contributed by atoms with Gasteiger partial charge < -0.3 is 16.0 Å². The van der Waals surface area contributed by atoms with Crippen LogP contribution in [-0.4, -0.2) is 52.0 Å². The standard InChI is InChI=1S/C26H29N9.CH4/c1-17(2)18-11-26(34-31-13-18)33-25-8-7-23-24(32-25)10-19(12-30-23)21(15-28-3)22(27)16-35(4)20-6-5-9-29-14-20;/h5-15,17H,16,27H2,1-4H3,(H,32,33,34);1H4. The van der Waals surface area contributed by atoms with Gasteiger partial charge in [-0.05, 0) is 47.9 Å². The molecule has 0 radical (unpaired) electrons. The van der Waals surface area contributed by atoms with Crippen molar-refractivity contribution in [3.8, 4) is 0 Å². The average molecular weight is 484 g/mol. The number of nitrogens with zero attached hydrogens (tertiary/aromatic N) is 7. The van der Waals surface area contributed by atoms with Gasteiger partial charge in [0, 0.05) is 49.5 Å². The Morgan fingerprint density at radius 1 is 1.11 bits per heavy atom. The van der Waals surface area contributed by atoms with Crippen LogP contribution in [0.25, 0.3) is 16.6 Å². The number of hydrogen-bond donors (Lipinski definition) is 2. The number of hydrogen-bond acceptors (Lipinski definition) is 9. The molecule has 0 saturated heterocycles. The van der Waals surface area contributed by atoms with Crippen molar-refractivity contribution in [2.45, 2.75) is 27.2 Å². The second kappa shape index (κ2) is 11.8. The van der Waals surface area contributed by atoms with Crippen molar-refractivity contribution < 1.29 is 0 Å². The third-order valence-electron chi connectivity index (χ3n) is 5.55. The fraction of sp³-hybridized carbons (Fsp3) is 0.259. The number of aromatic nitrogens is 5. The van der Waals surface area contributed by atoms with Crippen LogP contribution >= 0.6 is 0 Å². The second-order valence-corrected chi connectivity index (χ2v) is 8.51. The summed E-state index contributed by atoms with van der Waals surface area (Å²) in [6, 6.07) is 11.6. The van der Waals surface area contributed by atoms with Crippen molar-refractivity contribution in [1.29, 1.82) is 0 Å². The molecular weight excluding hydrogens is 450 g/mol. The summed E-state index contributed by atoms with van der Waals surface area (Å²) < 4.78 is 0. The molecule has 9 heteroatoms.